The lowest BCUT2D eigenvalue weighted by Gasteiger charge is -2.17. The van der Waals surface area contributed by atoms with E-state index < -0.39 is 10.0 Å². The minimum absolute atomic E-state index is 0.0865. The van der Waals surface area contributed by atoms with E-state index in [4.69, 9.17) is 16.3 Å². The Bertz CT molecular complexity index is 656. The van der Waals surface area contributed by atoms with Gasteiger partial charge >= 0.3 is 0 Å². The second-order valence-electron chi connectivity index (χ2n) is 4.19. The highest BCUT2D eigenvalue weighted by atomic mass is 32.2. The SMILES string of the molecule is N=C(N)c1c(C2=CCSCC2)cccc1S(N)(=O)=O.NN. The fourth-order valence-corrected chi connectivity index (χ4v) is 3.71. The molecule has 0 saturated carbocycles. The van der Waals surface area contributed by atoms with Crippen LogP contribution < -0.4 is 22.6 Å². The number of nitrogen functional groups attached to an aromatic ring is 1. The summed E-state index contributed by atoms with van der Waals surface area (Å²) in [5.74, 6) is 9.58. The number of allylic oxidation sites excluding steroid dienone is 1. The topological polar surface area (TPSA) is 162 Å². The zero-order chi connectivity index (χ0) is 16.0. The van der Waals surface area contributed by atoms with Crippen LogP contribution in [0.4, 0.5) is 0 Å². The number of benzene rings is 1. The van der Waals surface area contributed by atoms with E-state index in [1.165, 1.54) is 6.07 Å². The smallest absolute Gasteiger partial charge is 0.238 e. The third-order valence-corrected chi connectivity index (χ3v) is 4.76. The Balaban J connectivity index is 0.00000106. The number of nitrogens with one attached hydrogen (secondary N) is 1. The van der Waals surface area contributed by atoms with Crippen LogP contribution in [0.3, 0.4) is 0 Å². The van der Waals surface area contributed by atoms with Crippen molar-refractivity contribution >= 4 is 33.2 Å². The van der Waals surface area contributed by atoms with E-state index >= 15 is 0 Å². The van der Waals surface area contributed by atoms with Gasteiger partial charge in [-0.3, -0.25) is 17.1 Å². The largest absolute Gasteiger partial charge is 0.384 e. The number of hydrogen-bond acceptors (Lipinski definition) is 6. The van der Waals surface area contributed by atoms with Crippen molar-refractivity contribution in [1.82, 2.24) is 0 Å². The number of rotatable bonds is 3. The second kappa shape index (κ2) is 7.57. The molecule has 1 aromatic rings. The van der Waals surface area contributed by atoms with Gasteiger partial charge in [-0.15, -0.1) is 0 Å². The molecule has 1 heterocycles. The summed E-state index contributed by atoms with van der Waals surface area (Å²) >= 11 is 1.81. The van der Waals surface area contributed by atoms with Crippen LogP contribution in [0.15, 0.2) is 29.2 Å². The molecule has 7 nitrogen and oxygen atoms in total. The Hall–Kier alpha value is -1.39. The molecule has 0 spiro atoms. The van der Waals surface area contributed by atoms with Crippen molar-refractivity contribution < 1.29 is 8.42 Å². The fourth-order valence-electron chi connectivity index (χ4n) is 2.09. The number of sulfonamides is 1. The Morgan fingerprint density at radius 1 is 1.29 bits per heavy atom. The first-order chi connectivity index (χ1) is 9.91. The number of hydrazine groups is 1. The summed E-state index contributed by atoms with van der Waals surface area (Å²) in [7, 11) is -3.89. The first-order valence-electron chi connectivity index (χ1n) is 6.02. The molecule has 0 atom stereocenters. The third kappa shape index (κ3) is 4.29. The highest BCUT2D eigenvalue weighted by Crippen LogP contribution is 2.30. The van der Waals surface area contributed by atoms with Crippen molar-refractivity contribution in [2.75, 3.05) is 11.5 Å². The number of thioether (sulfide) groups is 1. The van der Waals surface area contributed by atoms with E-state index in [-0.39, 0.29) is 16.3 Å². The van der Waals surface area contributed by atoms with Crippen LogP contribution in [0.25, 0.3) is 5.57 Å². The van der Waals surface area contributed by atoms with E-state index in [1.54, 1.807) is 12.1 Å². The maximum atomic E-state index is 11.6. The molecule has 0 amide bonds. The molecule has 0 unspecified atom stereocenters. The lowest BCUT2D eigenvalue weighted by molar-refractivity contribution is 0.597. The second-order valence-corrected chi connectivity index (χ2v) is 6.87. The van der Waals surface area contributed by atoms with Crippen LogP contribution in [0.2, 0.25) is 0 Å². The molecule has 0 radical (unpaired) electrons. The average Bonchev–Trinajstić information content (AvgIpc) is 2.48. The van der Waals surface area contributed by atoms with Crippen LogP contribution >= 0.6 is 11.8 Å². The van der Waals surface area contributed by atoms with Crippen molar-refractivity contribution in [3.8, 4) is 0 Å². The van der Waals surface area contributed by atoms with E-state index in [1.807, 2.05) is 17.8 Å². The summed E-state index contributed by atoms with van der Waals surface area (Å²) in [4.78, 5) is -0.0865. The number of primary sulfonamides is 1. The van der Waals surface area contributed by atoms with Crippen LogP contribution in [-0.2, 0) is 10.0 Å². The Morgan fingerprint density at radius 2 is 1.95 bits per heavy atom. The van der Waals surface area contributed by atoms with Gasteiger partial charge in [-0.05, 0) is 29.4 Å². The van der Waals surface area contributed by atoms with Crippen LogP contribution in [-0.4, -0.2) is 25.8 Å². The van der Waals surface area contributed by atoms with Gasteiger partial charge in [0.15, 0.2) is 0 Å². The summed E-state index contributed by atoms with van der Waals surface area (Å²) in [6.07, 6.45) is 2.88. The van der Waals surface area contributed by atoms with Gasteiger partial charge in [0, 0.05) is 11.3 Å². The number of hydrogen-bond donors (Lipinski definition) is 5. The molecule has 1 aliphatic rings. The quantitative estimate of drug-likeness (QED) is 0.226. The standard InChI is InChI=1S/C12H15N3O2S2.H4N2/c13-12(14)11-9(8-4-6-18-7-5-8)2-1-3-10(11)19(15,16)17;1-2/h1-4H,5-7H2,(H3,13,14)(H2,15,16,17);1-2H2. The molecule has 116 valence electrons. The lowest BCUT2D eigenvalue weighted by Crippen LogP contribution is -2.22. The molecular formula is C12H19N5O2S2. The predicted molar refractivity (Wildman–Crippen MR) is 87.1 cm³/mol. The third-order valence-electron chi connectivity index (χ3n) is 2.91. The highest BCUT2D eigenvalue weighted by molar-refractivity contribution is 7.99. The average molecular weight is 329 g/mol. The van der Waals surface area contributed by atoms with Crippen molar-refractivity contribution in [3.05, 3.63) is 35.4 Å². The summed E-state index contributed by atoms with van der Waals surface area (Å²) in [5, 5.41) is 12.8. The zero-order valence-corrected chi connectivity index (χ0v) is 13.0. The van der Waals surface area contributed by atoms with Gasteiger partial charge in [-0.2, -0.15) is 11.8 Å². The van der Waals surface area contributed by atoms with Gasteiger partial charge in [0.05, 0.1) is 4.90 Å². The van der Waals surface area contributed by atoms with Gasteiger partial charge in [-0.1, -0.05) is 18.2 Å². The maximum Gasteiger partial charge on any atom is 0.238 e. The van der Waals surface area contributed by atoms with E-state index in [9.17, 15) is 8.42 Å². The first kappa shape index (κ1) is 17.7. The Kier molecular flexibility index (Phi) is 6.37. The van der Waals surface area contributed by atoms with Gasteiger partial charge in [0.25, 0.3) is 0 Å². The fraction of sp³-hybridized carbons (Fsp3) is 0.250. The summed E-state index contributed by atoms with van der Waals surface area (Å²) in [6.45, 7) is 0. The van der Waals surface area contributed by atoms with Crippen molar-refractivity contribution in [3.63, 3.8) is 0 Å². The van der Waals surface area contributed by atoms with Gasteiger partial charge in [-0.25, -0.2) is 13.6 Å². The molecule has 2 rings (SSSR count). The minimum atomic E-state index is -3.89. The van der Waals surface area contributed by atoms with Crippen LogP contribution in [0.5, 0.6) is 0 Å². The van der Waals surface area contributed by atoms with E-state index in [2.05, 4.69) is 11.7 Å². The molecule has 1 aromatic carbocycles. The molecule has 21 heavy (non-hydrogen) atoms. The molecule has 0 saturated heterocycles. The van der Waals surface area contributed by atoms with Crippen LogP contribution in [0, 0.1) is 5.41 Å². The molecular weight excluding hydrogens is 310 g/mol. The number of amidine groups is 1. The minimum Gasteiger partial charge on any atom is -0.384 e. The Labute approximate surface area is 128 Å². The molecule has 9 heteroatoms. The summed E-state index contributed by atoms with van der Waals surface area (Å²) in [6, 6.07) is 4.80. The predicted octanol–water partition coefficient (Wildman–Crippen LogP) is -0.0428. The normalized spacial score (nSPS) is 14.7. The van der Waals surface area contributed by atoms with Gasteiger partial charge in [0.2, 0.25) is 10.0 Å². The first-order valence-corrected chi connectivity index (χ1v) is 8.72. The Morgan fingerprint density at radius 3 is 2.43 bits per heavy atom. The summed E-state index contributed by atoms with van der Waals surface area (Å²) in [5.41, 5.74) is 7.48. The summed E-state index contributed by atoms with van der Waals surface area (Å²) < 4.78 is 23.2. The highest BCUT2D eigenvalue weighted by Gasteiger charge is 2.21. The lowest BCUT2D eigenvalue weighted by atomic mass is 9.97. The van der Waals surface area contributed by atoms with Gasteiger partial charge < -0.3 is 5.73 Å². The van der Waals surface area contributed by atoms with E-state index in [0.717, 1.165) is 23.5 Å². The van der Waals surface area contributed by atoms with Crippen molar-refractivity contribution in [2.24, 2.45) is 22.6 Å². The molecule has 9 N–H and O–H groups in total. The van der Waals surface area contributed by atoms with E-state index in [0.29, 0.717) is 5.56 Å². The monoisotopic (exact) mass is 329 g/mol. The maximum absolute atomic E-state index is 11.6. The van der Waals surface area contributed by atoms with Gasteiger partial charge in [0.1, 0.15) is 5.84 Å². The zero-order valence-electron chi connectivity index (χ0n) is 11.4. The van der Waals surface area contributed by atoms with Crippen molar-refractivity contribution in [1.29, 1.82) is 5.41 Å². The molecule has 1 aliphatic heterocycles. The molecule has 0 fully saturated rings. The number of nitrogens with two attached hydrogens (primary N) is 4. The van der Waals surface area contributed by atoms with Crippen molar-refractivity contribution in [2.45, 2.75) is 11.3 Å². The molecule has 0 aliphatic carbocycles. The van der Waals surface area contributed by atoms with Crippen LogP contribution in [0.1, 0.15) is 17.5 Å². The molecule has 0 aromatic heterocycles. The molecule has 0 bridgehead atoms.